The van der Waals surface area contributed by atoms with Crippen LogP contribution in [0.2, 0.25) is 0 Å². The molecule has 0 aliphatic carbocycles. The van der Waals surface area contributed by atoms with E-state index >= 15 is 0 Å². The van der Waals surface area contributed by atoms with Crippen LogP contribution in [-0.2, 0) is 6.54 Å². The fraction of sp³-hybridized carbons (Fsp3) is 0.143. The van der Waals surface area contributed by atoms with Crippen molar-refractivity contribution in [2.24, 2.45) is 11.5 Å². The smallest absolute Gasteiger partial charge is 0.0551 e. The van der Waals surface area contributed by atoms with Crippen LogP contribution in [0.5, 0.6) is 0 Å². The lowest BCUT2D eigenvalue weighted by Crippen LogP contribution is -2.12. The molecule has 2 nitrogen and oxygen atoms in total. The molecule has 3 heteroatoms. The zero-order chi connectivity index (χ0) is 12.3. The molecule has 2 aromatic carbocycles. The van der Waals surface area contributed by atoms with E-state index < -0.39 is 0 Å². The van der Waals surface area contributed by atoms with E-state index in [1.807, 2.05) is 42.5 Å². The van der Waals surface area contributed by atoms with E-state index in [9.17, 15) is 0 Å². The molecule has 0 aliphatic heterocycles. The zero-order valence-electron chi connectivity index (χ0n) is 9.44. The van der Waals surface area contributed by atoms with Gasteiger partial charge in [0.25, 0.3) is 0 Å². The molecule has 4 N–H and O–H groups in total. The first-order valence-corrected chi connectivity index (χ1v) is 6.30. The summed E-state index contributed by atoms with van der Waals surface area (Å²) < 4.78 is 1.06. The van der Waals surface area contributed by atoms with Gasteiger partial charge >= 0.3 is 0 Å². The third-order valence-corrected chi connectivity index (χ3v) is 3.30. The van der Waals surface area contributed by atoms with Crippen LogP contribution in [-0.4, -0.2) is 0 Å². The Balaban J connectivity index is 2.29. The first-order valence-electron chi connectivity index (χ1n) is 5.50. The monoisotopic (exact) mass is 290 g/mol. The Kier molecular flexibility index (Phi) is 3.94. The molecule has 0 radical (unpaired) electrons. The normalized spacial score (nSPS) is 12.4. The van der Waals surface area contributed by atoms with E-state index in [0.29, 0.717) is 6.54 Å². The number of benzene rings is 2. The van der Waals surface area contributed by atoms with Crippen LogP contribution in [0.25, 0.3) is 0 Å². The molecular weight excluding hydrogens is 276 g/mol. The van der Waals surface area contributed by atoms with Gasteiger partial charge in [-0.3, -0.25) is 0 Å². The summed E-state index contributed by atoms with van der Waals surface area (Å²) in [5.74, 6) is 0. The molecule has 17 heavy (non-hydrogen) atoms. The SMILES string of the molecule is NCc1cccc(C(N)c2ccc(Br)cc2)c1. The molecule has 0 saturated heterocycles. The molecule has 2 aromatic rings. The van der Waals surface area contributed by atoms with Gasteiger partial charge in [-0.2, -0.15) is 0 Å². The number of hydrogen-bond acceptors (Lipinski definition) is 2. The average molecular weight is 291 g/mol. The largest absolute Gasteiger partial charge is 0.326 e. The van der Waals surface area contributed by atoms with Gasteiger partial charge in [-0.25, -0.2) is 0 Å². The summed E-state index contributed by atoms with van der Waals surface area (Å²) in [6, 6.07) is 16.1. The van der Waals surface area contributed by atoms with Crippen LogP contribution >= 0.6 is 15.9 Å². The van der Waals surface area contributed by atoms with Crippen LogP contribution in [0.1, 0.15) is 22.7 Å². The number of halogens is 1. The molecule has 0 fully saturated rings. The molecule has 1 unspecified atom stereocenters. The van der Waals surface area contributed by atoms with Gasteiger partial charge in [0, 0.05) is 11.0 Å². The maximum absolute atomic E-state index is 6.23. The maximum Gasteiger partial charge on any atom is 0.0551 e. The van der Waals surface area contributed by atoms with Crippen molar-refractivity contribution < 1.29 is 0 Å². The number of rotatable bonds is 3. The molecule has 0 amide bonds. The van der Waals surface area contributed by atoms with E-state index in [1.54, 1.807) is 0 Å². The van der Waals surface area contributed by atoms with Crippen molar-refractivity contribution in [1.29, 1.82) is 0 Å². The molecule has 1 atom stereocenters. The number of nitrogens with two attached hydrogens (primary N) is 2. The summed E-state index contributed by atoms with van der Waals surface area (Å²) in [5, 5.41) is 0. The van der Waals surface area contributed by atoms with Crippen LogP contribution in [0, 0.1) is 0 Å². The molecule has 0 spiro atoms. The van der Waals surface area contributed by atoms with Gasteiger partial charge < -0.3 is 11.5 Å². The van der Waals surface area contributed by atoms with E-state index in [4.69, 9.17) is 11.5 Å². The highest BCUT2D eigenvalue weighted by molar-refractivity contribution is 9.10. The van der Waals surface area contributed by atoms with Crippen molar-refractivity contribution >= 4 is 15.9 Å². The van der Waals surface area contributed by atoms with Crippen molar-refractivity contribution in [2.45, 2.75) is 12.6 Å². The van der Waals surface area contributed by atoms with Crippen LogP contribution < -0.4 is 11.5 Å². The predicted octanol–water partition coefficient (Wildman–Crippen LogP) is 2.96. The summed E-state index contributed by atoms with van der Waals surface area (Å²) >= 11 is 3.42. The Hall–Kier alpha value is -1.16. The van der Waals surface area contributed by atoms with E-state index in [-0.39, 0.29) is 6.04 Å². The first kappa shape index (κ1) is 12.3. The standard InChI is InChI=1S/C14H15BrN2/c15-13-6-4-11(5-7-13)14(17)12-3-1-2-10(8-12)9-16/h1-8,14H,9,16-17H2. The third-order valence-electron chi connectivity index (χ3n) is 2.77. The minimum absolute atomic E-state index is 0.102. The molecule has 88 valence electrons. The van der Waals surface area contributed by atoms with E-state index in [1.165, 1.54) is 0 Å². The van der Waals surface area contributed by atoms with Crippen LogP contribution in [0.15, 0.2) is 53.0 Å². The van der Waals surface area contributed by atoms with Gasteiger partial charge in [0.15, 0.2) is 0 Å². The predicted molar refractivity (Wildman–Crippen MR) is 74.5 cm³/mol. The van der Waals surface area contributed by atoms with Gasteiger partial charge in [-0.15, -0.1) is 0 Å². The highest BCUT2D eigenvalue weighted by Gasteiger charge is 2.08. The first-order chi connectivity index (χ1) is 8.20. The second-order valence-corrected chi connectivity index (χ2v) is 4.89. The van der Waals surface area contributed by atoms with Crippen molar-refractivity contribution in [3.05, 3.63) is 69.7 Å². The lowest BCUT2D eigenvalue weighted by Gasteiger charge is -2.13. The topological polar surface area (TPSA) is 52.0 Å². The van der Waals surface area contributed by atoms with Crippen molar-refractivity contribution in [1.82, 2.24) is 0 Å². The third kappa shape index (κ3) is 2.94. The van der Waals surface area contributed by atoms with Gasteiger partial charge in [0.05, 0.1) is 6.04 Å². The van der Waals surface area contributed by atoms with Gasteiger partial charge in [0.2, 0.25) is 0 Å². The highest BCUT2D eigenvalue weighted by Crippen LogP contribution is 2.22. The Bertz CT molecular complexity index is 494. The Labute approximate surface area is 110 Å². The van der Waals surface area contributed by atoms with Crippen LogP contribution in [0.3, 0.4) is 0 Å². The molecule has 2 rings (SSSR count). The average Bonchev–Trinajstić information content (AvgIpc) is 2.39. The maximum atomic E-state index is 6.23. The summed E-state index contributed by atoms with van der Waals surface area (Å²) in [6.45, 7) is 0.543. The van der Waals surface area contributed by atoms with Gasteiger partial charge in [-0.1, -0.05) is 52.3 Å². The fourth-order valence-electron chi connectivity index (χ4n) is 1.78. The molecule has 0 saturated carbocycles. The van der Waals surface area contributed by atoms with E-state index in [0.717, 1.165) is 21.2 Å². The Morgan fingerprint density at radius 2 is 1.71 bits per heavy atom. The fourth-order valence-corrected chi connectivity index (χ4v) is 2.04. The van der Waals surface area contributed by atoms with E-state index in [2.05, 4.69) is 22.0 Å². The second-order valence-electron chi connectivity index (χ2n) is 3.98. The molecule has 0 heterocycles. The van der Waals surface area contributed by atoms with Crippen molar-refractivity contribution in [2.75, 3.05) is 0 Å². The zero-order valence-corrected chi connectivity index (χ0v) is 11.0. The minimum atomic E-state index is -0.102. The quantitative estimate of drug-likeness (QED) is 0.913. The van der Waals surface area contributed by atoms with Crippen molar-refractivity contribution in [3.63, 3.8) is 0 Å². The number of hydrogen-bond donors (Lipinski definition) is 2. The Morgan fingerprint density at radius 1 is 1.00 bits per heavy atom. The van der Waals surface area contributed by atoms with Crippen molar-refractivity contribution in [3.8, 4) is 0 Å². The molecule has 0 bridgehead atoms. The lowest BCUT2D eigenvalue weighted by atomic mass is 9.98. The van der Waals surface area contributed by atoms with Gasteiger partial charge in [0.1, 0.15) is 0 Å². The summed E-state index contributed by atoms with van der Waals surface area (Å²) in [4.78, 5) is 0. The summed E-state index contributed by atoms with van der Waals surface area (Å²) in [6.07, 6.45) is 0. The Morgan fingerprint density at radius 3 is 2.35 bits per heavy atom. The summed E-state index contributed by atoms with van der Waals surface area (Å²) in [5.41, 5.74) is 15.2. The van der Waals surface area contributed by atoms with Gasteiger partial charge in [-0.05, 0) is 28.8 Å². The lowest BCUT2D eigenvalue weighted by molar-refractivity contribution is 0.866. The molecule has 0 aromatic heterocycles. The summed E-state index contributed by atoms with van der Waals surface area (Å²) in [7, 11) is 0. The van der Waals surface area contributed by atoms with Crippen LogP contribution in [0.4, 0.5) is 0 Å². The minimum Gasteiger partial charge on any atom is -0.326 e. The molecule has 0 aliphatic rings. The molecular formula is C14H15BrN2. The highest BCUT2D eigenvalue weighted by atomic mass is 79.9. The second kappa shape index (κ2) is 5.45.